The van der Waals surface area contributed by atoms with Crippen molar-refractivity contribution in [2.24, 2.45) is 0 Å². The Morgan fingerprint density at radius 3 is 2.90 bits per heavy atom. The maximum atomic E-state index is 12.5. The topological polar surface area (TPSA) is 74.0 Å². The summed E-state index contributed by atoms with van der Waals surface area (Å²) in [5, 5.41) is 0. The molecule has 1 aliphatic rings. The average Bonchev–Trinajstić information content (AvgIpc) is 2.45. The number of nitrogen functional groups attached to an aromatic ring is 1. The molecule has 1 heterocycles. The van der Waals surface area contributed by atoms with Gasteiger partial charge in [0.2, 0.25) is 0 Å². The molecular formula is C14H20N2O4. The lowest BCUT2D eigenvalue weighted by molar-refractivity contribution is 0.0769. The molecule has 2 rings (SSSR count). The Hall–Kier alpha value is -1.95. The van der Waals surface area contributed by atoms with E-state index >= 15 is 0 Å². The van der Waals surface area contributed by atoms with Gasteiger partial charge in [0.25, 0.3) is 5.91 Å². The van der Waals surface area contributed by atoms with Crippen LogP contribution < -0.4 is 15.2 Å². The van der Waals surface area contributed by atoms with E-state index in [1.54, 1.807) is 31.2 Å². The van der Waals surface area contributed by atoms with Crippen molar-refractivity contribution in [2.45, 2.75) is 6.42 Å². The first kappa shape index (κ1) is 14.5. The number of amides is 1. The highest BCUT2D eigenvalue weighted by Crippen LogP contribution is 2.36. The van der Waals surface area contributed by atoms with E-state index < -0.39 is 0 Å². The van der Waals surface area contributed by atoms with Gasteiger partial charge in [0.1, 0.15) is 13.2 Å². The molecule has 110 valence electrons. The maximum Gasteiger partial charge on any atom is 0.257 e. The second-order valence-electron chi connectivity index (χ2n) is 4.67. The van der Waals surface area contributed by atoms with E-state index in [0.29, 0.717) is 49.1 Å². The highest BCUT2D eigenvalue weighted by Gasteiger charge is 2.23. The minimum absolute atomic E-state index is 0.129. The molecule has 20 heavy (non-hydrogen) atoms. The minimum Gasteiger partial charge on any atom is -0.486 e. The van der Waals surface area contributed by atoms with Crippen LogP contribution in [0.15, 0.2) is 12.1 Å². The average molecular weight is 280 g/mol. The van der Waals surface area contributed by atoms with Gasteiger partial charge in [0.05, 0.1) is 5.56 Å². The summed E-state index contributed by atoms with van der Waals surface area (Å²) in [5.74, 6) is 0.883. The van der Waals surface area contributed by atoms with E-state index in [-0.39, 0.29) is 5.91 Å². The van der Waals surface area contributed by atoms with Crippen molar-refractivity contribution < 1.29 is 19.0 Å². The molecule has 0 spiro atoms. The number of nitrogens with two attached hydrogens (primary N) is 1. The molecule has 0 bridgehead atoms. The molecule has 1 aromatic carbocycles. The molecule has 0 saturated heterocycles. The van der Waals surface area contributed by atoms with Crippen LogP contribution in [0, 0.1) is 0 Å². The number of hydrogen-bond acceptors (Lipinski definition) is 5. The van der Waals surface area contributed by atoms with Gasteiger partial charge in [-0.05, 0) is 12.5 Å². The Balaban J connectivity index is 2.18. The summed E-state index contributed by atoms with van der Waals surface area (Å²) in [5.41, 5.74) is 6.75. The van der Waals surface area contributed by atoms with Crippen LogP contribution in [0.4, 0.5) is 5.69 Å². The van der Waals surface area contributed by atoms with Crippen LogP contribution in [0.2, 0.25) is 0 Å². The van der Waals surface area contributed by atoms with Crippen molar-refractivity contribution in [3.63, 3.8) is 0 Å². The molecular weight excluding hydrogens is 260 g/mol. The largest absolute Gasteiger partial charge is 0.486 e. The van der Waals surface area contributed by atoms with Gasteiger partial charge in [-0.15, -0.1) is 0 Å². The number of carbonyl (C=O) groups is 1. The molecule has 0 atom stereocenters. The van der Waals surface area contributed by atoms with E-state index in [4.69, 9.17) is 19.9 Å². The van der Waals surface area contributed by atoms with Crippen LogP contribution in [0.3, 0.4) is 0 Å². The molecule has 6 heteroatoms. The Bertz CT molecular complexity index is 490. The van der Waals surface area contributed by atoms with Crippen LogP contribution >= 0.6 is 0 Å². The summed E-state index contributed by atoms with van der Waals surface area (Å²) in [6.45, 7) is 2.13. The number of benzene rings is 1. The van der Waals surface area contributed by atoms with Crippen molar-refractivity contribution >= 4 is 11.6 Å². The van der Waals surface area contributed by atoms with Crippen molar-refractivity contribution in [2.75, 3.05) is 46.3 Å². The summed E-state index contributed by atoms with van der Waals surface area (Å²) in [4.78, 5) is 14.1. The lowest BCUT2D eigenvalue weighted by atomic mass is 10.1. The SMILES string of the molecule is COCCCN(C)C(=O)c1cc(N)cc2c1OCCO2. The van der Waals surface area contributed by atoms with E-state index in [1.807, 2.05) is 0 Å². The van der Waals surface area contributed by atoms with Gasteiger partial charge in [0, 0.05) is 39.1 Å². The number of nitrogens with zero attached hydrogens (tertiary/aromatic N) is 1. The van der Waals surface area contributed by atoms with Crippen LogP contribution in [-0.2, 0) is 4.74 Å². The fourth-order valence-corrected chi connectivity index (χ4v) is 2.09. The summed E-state index contributed by atoms with van der Waals surface area (Å²) in [6.07, 6.45) is 0.778. The third-order valence-electron chi connectivity index (χ3n) is 3.08. The molecule has 1 amide bonds. The molecule has 2 N–H and O–H groups in total. The number of rotatable bonds is 5. The summed E-state index contributed by atoms with van der Waals surface area (Å²) >= 11 is 0. The van der Waals surface area contributed by atoms with Crippen LogP contribution in [0.1, 0.15) is 16.8 Å². The molecule has 0 saturated carbocycles. The predicted molar refractivity (Wildman–Crippen MR) is 75.3 cm³/mol. The standard InChI is InChI=1S/C14H20N2O4/c1-16(4-3-5-18-2)14(17)11-8-10(15)9-12-13(11)20-7-6-19-12/h8-9H,3-7,15H2,1-2H3. The number of fused-ring (bicyclic) bond motifs is 1. The Labute approximate surface area is 118 Å². The van der Waals surface area contributed by atoms with E-state index in [9.17, 15) is 4.79 Å². The fraction of sp³-hybridized carbons (Fsp3) is 0.500. The molecule has 6 nitrogen and oxygen atoms in total. The van der Waals surface area contributed by atoms with Crippen LogP contribution in [0.25, 0.3) is 0 Å². The fourth-order valence-electron chi connectivity index (χ4n) is 2.09. The molecule has 0 unspecified atom stereocenters. The Morgan fingerprint density at radius 1 is 1.40 bits per heavy atom. The van der Waals surface area contributed by atoms with Gasteiger partial charge in [0.15, 0.2) is 11.5 Å². The lowest BCUT2D eigenvalue weighted by Crippen LogP contribution is -2.30. The molecule has 0 radical (unpaired) electrons. The highest BCUT2D eigenvalue weighted by atomic mass is 16.6. The van der Waals surface area contributed by atoms with Gasteiger partial charge >= 0.3 is 0 Å². The third-order valence-corrected chi connectivity index (χ3v) is 3.08. The third kappa shape index (κ3) is 3.14. The molecule has 1 aromatic rings. The minimum atomic E-state index is -0.129. The first-order valence-electron chi connectivity index (χ1n) is 6.57. The van der Waals surface area contributed by atoms with Crippen molar-refractivity contribution in [1.29, 1.82) is 0 Å². The zero-order valence-corrected chi connectivity index (χ0v) is 11.8. The number of hydrogen-bond donors (Lipinski definition) is 1. The summed E-state index contributed by atoms with van der Waals surface area (Å²) in [6, 6.07) is 3.30. The number of methoxy groups -OCH3 is 1. The Morgan fingerprint density at radius 2 is 2.15 bits per heavy atom. The van der Waals surface area contributed by atoms with Gasteiger partial charge in [-0.1, -0.05) is 0 Å². The van der Waals surface area contributed by atoms with Crippen LogP contribution in [-0.4, -0.2) is 51.3 Å². The van der Waals surface area contributed by atoms with Crippen molar-refractivity contribution in [3.05, 3.63) is 17.7 Å². The van der Waals surface area contributed by atoms with Crippen LogP contribution in [0.5, 0.6) is 11.5 Å². The van der Waals surface area contributed by atoms with Gasteiger partial charge in [-0.2, -0.15) is 0 Å². The second-order valence-corrected chi connectivity index (χ2v) is 4.67. The molecule has 1 aliphatic heterocycles. The van der Waals surface area contributed by atoms with E-state index in [0.717, 1.165) is 6.42 Å². The lowest BCUT2D eigenvalue weighted by Gasteiger charge is -2.24. The van der Waals surface area contributed by atoms with E-state index in [1.165, 1.54) is 0 Å². The molecule has 0 aromatic heterocycles. The highest BCUT2D eigenvalue weighted by molar-refractivity contribution is 5.98. The summed E-state index contributed by atoms with van der Waals surface area (Å²) < 4.78 is 16.0. The first-order valence-corrected chi connectivity index (χ1v) is 6.57. The van der Waals surface area contributed by atoms with Crippen molar-refractivity contribution in [1.82, 2.24) is 4.90 Å². The second kappa shape index (κ2) is 6.47. The quantitative estimate of drug-likeness (QED) is 0.647. The molecule has 0 fully saturated rings. The Kier molecular flexibility index (Phi) is 4.68. The number of ether oxygens (including phenoxy) is 3. The van der Waals surface area contributed by atoms with E-state index in [2.05, 4.69) is 0 Å². The first-order chi connectivity index (χ1) is 9.63. The monoisotopic (exact) mass is 280 g/mol. The number of anilines is 1. The molecule has 0 aliphatic carbocycles. The van der Waals surface area contributed by atoms with Gasteiger partial charge < -0.3 is 24.8 Å². The van der Waals surface area contributed by atoms with Crippen molar-refractivity contribution in [3.8, 4) is 11.5 Å². The van der Waals surface area contributed by atoms with Gasteiger partial charge in [-0.3, -0.25) is 4.79 Å². The van der Waals surface area contributed by atoms with Gasteiger partial charge in [-0.25, -0.2) is 0 Å². The normalized spacial score (nSPS) is 13.1. The number of carbonyl (C=O) groups excluding carboxylic acids is 1. The summed E-state index contributed by atoms with van der Waals surface area (Å²) in [7, 11) is 3.39. The smallest absolute Gasteiger partial charge is 0.257 e. The maximum absolute atomic E-state index is 12.5. The zero-order chi connectivity index (χ0) is 14.5. The predicted octanol–water partition coefficient (Wildman–Crippen LogP) is 1.15. The zero-order valence-electron chi connectivity index (χ0n) is 11.8.